The van der Waals surface area contributed by atoms with Gasteiger partial charge in [0.25, 0.3) is 0 Å². The van der Waals surface area contributed by atoms with Gasteiger partial charge in [-0.25, -0.2) is 0 Å². The minimum atomic E-state index is 0.197. The highest BCUT2D eigenvalue weighted by atomic mass is 14.6. The molecule has 90 valence electrons. The molecule has 2 N–H and O–H groups in total. The Kier molecular flexibility index (Phi) is 4.55. The SMILES string of the molecule is Cc1cc(C)c(C(N)CCC(C)C)c(C)c1. The summed E-state index contributed by atoms with van der Waals surface area (Å²) in [5, 5.41) is 0. The first-order valence-corrected chi connectivity index (χ1v) is 6.25. The van der Waals surface area contributed by atoms with E-state index in [1.807, 2.05) is 0 Å². The van der Waals surface area contributed by atoms with Crippen LogP contribution in [0.5, 0.6) is 0 Å². The normalized spacial score (nSPS) is 13.2. The van der Waals surface area contributed by atoms with Crippen molar-refractivity contribution in [2.75, 3.05) is 0 Å². The summed E-state index contributed by atoms with van der Waals surface area (Å²) < 4.78 is 0. The first kappa shape index (κ1) is 13.2. The molecule has 0 fully saturated rings. The average Bonchev–Trinajstić information content (AvgIpc) is 2.12. The summed E-state index contributed by atoms with van der Waals surface area (Å²) in [6.45, 7) is 11.0. The summed E-state index contributed by atoms with van der Waals surface area (Å²) in [5.74, 6) is 0.733. The van der Waals surface area contributed by atoms with Crippen LogP contribution in [0.4, 0.5) is 0 Å². The number of hydrogen-bond donors (Lipinski definition) is 1. The molecule has 16 heavy (non-hydrogen) atoms. The summed E-state index contributed by atoms with van der Waals surface area (Å²) in [6.07, 6.45) is 2.29. The molecular weight excluding hydrogens is 194 g/mol. The third-order valence-electron chi connectivity index (χ3n) is 3.16. The zero-order valence-electron chi connectivity index (χ0n) is 11.3. The number of hydrogen-bond acceptors (Lipinski definition) is 1. The third kappa shape index (κ3) is 3.34. The Balaban J connectivity index is 2.86. The molecule has 0 radical (unpaired) electrons. The maximum atomic E-state index is 6.30. The van der Waals surface area contributed by atoms with Gasteiger partial charge in [0.15, 0.2) is 0 Å². The van der Waals surface area contributed by atoms with Gasteiger partial charge in [-0.05, 0) is 56.2 Å². The monoisotopic (exact) mass is 219 g/mol. The summed E-state index contributed by atoms with van der Waals surface area (Å²) in [4.78, 5) is 0. The molecule has 0 amide bonds. The van der Waals surface area contributed by atoms with Gasteiger partial charge in [-0.3, -0.25) is 0 Å². The van der Waals surface area contributed by atoms with E-state index in [0.29, 0.717) is 0 Å². The van der Waals surface area contributed by atoms with Gasteiger partial charge >= 0.3 is 0 Å². The number of aryl methyl sites for hydroxylation is 3. The van der Waals surface area contributed by atoms with E-state index >= 15 is 0 Å². The molecule has 0 bridgehead atoms. The molecule has 0 aromatic heterocycles. The van der Waals surface area contributed by atoms with Gasteiger partial charge in [-0.15, -0.1) is 0 Å². The van der Waals surface area contributed by atoms with Crippen LogP contribution in [0.1, 0.15) is 55.0 Å². The average molecular weight is 219 g/mol. The van der Waals surface area contributed by atoms with Gasteiger partial charge in [0.1, 0.15) is 0 Å². The Bertz CT molecular complexity index is 329. The molecule has 1 heteroatoms. The van der Waals surface area contributed by atoms with E-state index in [1.165, 1.54) is 28.7 Å². The fourth-order valence-corrected chi connectivity index (χ4v) is 2.43. The predicted octanol–water partition coefficient (Wildman–Crippen LogP) is 4.05. The second-order valence-electron chi connectivity index (χ2n) is 5.39. The van der Waals surface area contributed by atoms with Crippen LogP contribution in [0, 0.1) is 26.7 Å². The fourth-order valence-electron chi connectivity index (χ4n) is 2.43. The van der Waals surface area contributed by atoms with Gasteiger partial charge in [0.05, 0.1) is 0 Å². The molecule has 1 atom stereocenters. The van der Waals surface area contributed by atoms with E-state index in [4.69, 9.17) is 5.73 Å². The lowest BCUT2D eigenvalue weighted by Crippen LogP contribution is -2.14. The smallest absolute Gasteiger partial charge is 0.0300 e. The zero-order chi connectivity index (χ0) is 12.3. The van der Waals surface area contributed by atoms with Gasteiger partial charge in [-0.2, -0.15) is 0 Å². The summed E-state index contributed by atoms with van der Waals surface area (Å²) in [5.41, 5.74) is 11.7. The highest BCUT2D eigenvalue weighted by Crippen LogP contribution is 2.26. The Morgan fingerprint density at radius 3 is 1.94 bits per heavy atom. The van der Waals surface area contributed by atoms with E-state index in [0.717, 1.165) is 12.3 Å². The zero-order valence-corrected chi connectivity index (χ0v) is 11.3. The summed E-state index contributed by atoms with van der Waals surface area (Å²) >= 11 is 0. The summed E-state index contributed by atoms with van der Waals surface area (Å²) in [6, 6.07) is 4.66. The summed E-state index contributed by atoms with van der Waals surface area (Å²) in [7, 11) is 0. The fraction of sp³-hybridized carbons (Fsp3) is 0.600. The Labute approximate surface area is 100 Å². The topological polar surface area (TPSA) is 26.0 Å². The van der Waals surface area contributed by atoms with E-state index in [2.05, 4.69) is 46.8 Å². The number of benzene rings is 1. The van der Waals surface area contributed by atoms with Crippen LogP contribution in [-0.4, -0.2) is 0 Å². The highest BCUT2D eigenvalue weighted by molar-refractivity contribution is 5.39. The van der Waals surface area contributed by atoms with Crippen LogP contribution < -0.4 is 5.73 Å². The lowest BCUT2D eigenvalue weighted by Gasteiger charge is -2.19. The minimum absolute atomic E-state index is 0.197. The standard InChI is InChI=1S/C15H25N/c1-10(2)6-7-14(16)15-12(4)8-11(3)9-13(15)5/h8-10,14H,6-7,16H2,1-5H3. The Hall–Kier alpha value is -0.820. The molecule has 0 aliphatic heterocycles. The highest BCUT2D eigenvalue weighted by Gasteiger charge is 2.12. The van der Waals surface area contributed by atoms with Gasteiger partial charge in [0, 0.05) is 6.04 Å². The molecule has 0 spiro atoms. The van der Waals surface area contributed by atoms with Crippen molar-refractivity contribution in [3.05, 3.63) is 34.4 Å². The molecule has 1 aromatic carbocycles. The van der Waals surface area contributed by atoms with E-state index in [-0.39, 0.29) is 6.04 Å². The molecule has 1 unspecified atom stereocenters. The number of rotatable bonds is 4. The van der Waals surface area contributed by atoms with Crippen LogP contribution >= 0.6 is 0 Å². The largest absolute Gasteiger partial charge is 0.324 e. The van der Waals surface area contributed by atoms with Gasteiger partial charge in [0.2, 0.25) is 0 Å². The van der Waals surface area contributed by atoms with Crippen molar-refractivity contribution in [2.45, 2.75) is 53.5 Å². The van der Waals surface area contributed by atoms with Gasteiger partial charge < -0.3 is 5.73 Å². The molecule has 0 saturated carbocycles. The quantitative estimate of drug-likeness (QED) is 0.812. The number of nitrogens with two attached hydrogens (primary N) is 1. The second-order valence-corrected chi connectivity index (χ2v) is 5.39. The van der Waals surface area contributed by atoms with Crippen molar-refractivity contribution in [2.24, 2.45) is 11.7 Å². The lowest BCUT2D eigenvalue weighted by atomic mass is 9.91. The first-order valence-electron chi connectivity index (χ1n) is 6.25. The first-order chi connectivity index (χ1) is 7.41. The maximum absolute atomic E-state index is 6.30. The van der Waals surface area contributed by atoms with E-state index in [9.17, 15) is 0 Å². The molecule has 0 aliphatic carbocycles. The van der Waals surface area contributed by atoms with Crippen LogP contribution in [0.3, 0.4) is 0 Å². The molecule has 0 saturated heterocycles. The van der Waals surface area contributed by atoms with Gasteiger partial charge in [-0.1, -0.05) is 31.5 Å². The molecular formula is C15H25N. The maximum Gasteiger partial charge on any atom is 0.0300 e. The minimum Gasteiger partial charge on any atom is -0.324 e. The van der Waals surface area contributed by atoms with Crippen molar-refractivity contribution in [3.63, 3.8) is 0 Å². The molecule has 1 rings (SSSR count). The van der Waals surface area contributed by atoms with Crippen molar-refractivity contribution >= 4 is 0 Å². The Morgan fingerprint density at radius 2 is 1.50 bits per heavy atom. The second kappa shape index (κ2) is 5.49. The Morgan fingerprint density at radius 1 is 1.00 bits per heavy atom. The predicted molar refractivity (Wildman–Crippen MR) is 71.7 cm³/mol. The van der Waals surface area contributed by atoms with Crippen molar-refractivity contribution in [1.82, 2.24) is 0 Å². The van der Waals surface area contributed by atoms with Crippen LogP contribution in [0.2, 0.25) is 0 Å². The van der Waals surface area contributed by atoms with Crippen molar-refractivity contribution in [3.8, 4) is 0 Å². The van der Waals surface area contributed by atoms with Crippen molar-refractivity contribution < 1.29 is 0 Å². The molecule has 0 heterocycles. The van der Waals surface area contributed by atoms with Crippen LogP contribution in [0.15, 0.2) is 12.1 Å². The third-order valence-corrected chi connectivity index (χ3v) is 3.16. The van der Waals surface area contributed by atoms with E-state index < -0.39 is 0 Å². The van der Waals surface area contributed by atoms with Crippen LogP contribution in [0.25, 0.3) is 0 Å². The molecule has 1 aromatic rings. The van der Waals surface area contributed by atoms with Crippen LogP contribution in [-0.2, 0) is 0 Å². The molecule has 0 aliphatic rings. The van der Waals surface area contributed by atoms with E-state index in [1.54, 1.807) is 0 Å². The van der Waals surface area contributed by atoms with Crippen molar-refractivity contribution in [1.29, 1.82) is 0 Å². The molecule has 1 nitrogen and oxygen atoms in total. The lowest BCUT2D eigenvalue weighted by molar-refractivity contribution is 0.505.